The van der Waals surface area contributed by atoms with Gasteiger partial charge in [-0.15, -0.1) is 0 Å². The fourth-order valence-corrected chi connectivity index (χ4v) is 0.581. The van der Waals surface area contributed by atoms with Crippen molar-refractivity contribution in [3.63, 3.8) is 0 Å². The smallest absolute Gasteiger partial charge is 0.244 e. The molecular formula is C8H14NO. The number of allylic oxidation sites excluding steroid dienone is 1. The molecule has 0 aliphatic rings. The van der Waals surface area contributed by atoms with Gasteiger partial charge in [0.15, 0.2) is 0 Å². The Kier molecular flexibility index (Phi) is 4.63. The van der Waals surface area contributed by atoms with Gasteiger partial charge in [0.05, 0.1) is 0 Å². The zero-order chi connectivity index (χ0) is 7.98. The molecule has 1 radical (unpaired) electrons. The van der Waals surface area contributed by atoms with Gasteiger partial charge < -0.3 is 5.73 Å². The van der Waals surface area contributed by atoms with Crippen LogP contribution >= 0.6 is 0 Å². The highest BCUT2D eigenvalue weighted by molar-refractivity contribution is 5.92. The standard InChI is InChI=1S/C8H14NO/c1-3-4-5-6-7(2)8(9)10/h6H,2-5H2,1H3,(H2,9,10). The molecule has 10 heavy (non-hydrogen) atoms. The predicted molar refractivity (Wildman–Crippen MR) is 42.2 cm³/mol. The molecule has 57 valence electrons. The second-order valence-electron chi connectivity index (χ2n) is 2.24. The summed E-state index contributed by atoms with van der Waals surface area (Å²) in [5, 5.41) is 0. The van der Waals surface area contributed by atoms with Crippen molar-refractivity contribution in [3.8, 4) is 0 Å². The zero-order valence-corrected chi connectivity index (χ0v) is 6.39. The average molecular weight is 140 g/mol. The van der Waals surface area contributed by atoms with E-state index in [1.54, 1.807) is 6.08 Å². The van der Waals surface area contributed by atoms with E-state index in [2.05, 4.69) is 13.8 Å². The lowest BCUT2D eigenvalue weighted by Crippen LogP contribution is -2.11. The Morgan fingerprint density at radius 2 is 2.30 bits per heavy atom. The number of primary amides is 1. The van der Waals surface area contributed by atoms with Crippen LogP contribution in [0.15, 0.2) is 11.6 Å². The summed E-state index contributed by atoms with van der Waals surface area (Å²) in [5.74, 6) is -0.420. The second kappa shape index (κ2) is 5.03. The summed E-state index contributed by atoms with van der Waals surface area (Å²) in [6.45, 7) is 5.59. The number of nitrogens with two attached hydrogens (primary N) is 1. The van der Waals surface area contributed by atoms with Crippen molar-refractivity contribution in [3.05, 3.63) is 18.6 Å². The first kappa shape index (κ1) is 9.21. The summed E-state index contributed by atoms with van der Waals surface area (Å²) < 4.78 is 0. The maximum atomic E-state index is 10.4. The molecule has 0 bridgehead atoms. The van der Waals surface area contributed by atoms with Crippen molar-refractivity contribution < 1.29 is 4.79 Å². The molecular weight excluding hydrogens is 126 g/mol. The van der Waals surface area contributed by atoms with Gasteiger partial charge in [-0.25, -0.2) is 0 Å². The first-order valence-corrected chi connectivity index (χ1v) is 3.50. The van der Waals surface area contributed by atoms with Gasteiger partial charge in [-0.1, -0.05) is 25.8 Å². The summed E-state index contributed by atoms with van der Waals surface area (Å²) in [7, 11) is 0. The molecule has 0 aliphatic carbocycles. The van der Waals surface area contributed by atoms with Gasteiger partial charge in [0.1, 0.15) is 0 Å². The summed E-state index contributed by atoms with van der Waals surface area (Å²) >= 11 is 0. The average Bonchev–Trinajstić information content (AvgIpc) is 1.88. The number of amides is 1. The van der Waals surface area contributed by atoms with Crippen LogP contribution in [0.3, 0.4) is 0 Å². The summed E-state index contributed by atoms with van der Waals surface area (Å²) in [4.78, 5) is 10.4. The van der Waals surface area contributed by atoms with E-state index in [0.29, 0.717) is 5.57 Å². The highest BCUT2D eigenvalue weighted by atomic mass is 16.1. The molecule has 0 atom stereocenters. The third kappa shape index (κ3) is 4.13. The van der Waals surface area contributed by atoms with Gasteiger partial charge in [-0.3, -0.25) is 4.79 Å². The Hall–Kier alpha value is -0.790. The maximum Gasteiger partial charge on any atom is 0.244 e. The van der Waals surface area contributed by atoms with E-state index in [0.717, 1.165) is 19.3 Å². The van der Waals surface area contributed by atoms with Gasteiger partial charge in [0, 0.05) is 5.57 Å². The Balaban J connectivity index is 3.58. The van der Waals surface area contributed by atoms with Crippen molar-refractivity contribution in [2.45, 2.75) is 26.2 Å². The lowest BCUT2D eigenvalue weighted by atomic mass is 10.2. The molecule has 2 heteroatoms. The highest BCUT2D eigenvalue weighted by Gasteiger charge is 1.93. The van der Waals surface area contributed by atoms with Gasteiger partial charge in [-0.2, -0.15) is 0 Å². The van der Waals surface area contributed by atoms with Crippen molar-refractivity contribution in [2.75, 3.05) is 0 Å². The monoisotopic (exact) mass is 140 g/mol. The molecule has 0 spiro atoms. The number of rotatable bonds is 4. The van der Waals surface area contributed by atoms with Crippen LogP contribution in [0.25, 0.3) is 0 Å². The Morgan fingerprint density at radius 1 is 1.70 bits per heavy atom. The molecule has 0 aliphatic heterocycles. The largest absolute Gasteiger partial charge is 0.366 e. The molecule has 0 saturated carbocycles. The first-order chi connectivity index (χ1) is 4.68. The number of unbranched alkanes of at least 4 members (excludes halogenated alkanes) is 2. The van der Waals surface area contributed by atoms with Crippen LogP contribution in [0, 0.1) is 6.92 Å². The van der Waals surface area contributed by atoms with Gasteiger partial charge in [-0.05, 0) is 13.3 Å². The van der Waals surface area contributed by atoms with E-state index in [1.807, 2.05) is 0 Å². The molecule has 0 aromatic rings. The maximum absolute atomic E-state index is 10.4. The minimum atomic E-state index is -0.420. The fraction of sp³-hybridized carbons (Fsp3) is 0.500. The van der Waals surface area contributed by atoms with Gasteiger partial charge in [0.2, 0.25) is 5.91 Å². The topological polar surface area (TPSA) is 43.1 Å². The minimum Gasteiger partial charge on any atom is -0.366 e. The Labute approximate surface area is 62.1 Å². The molecule has 0 unspecified atom stereocenters. The molecule has 0 fully saturated rings. The normalized spacial score (nSPS) is 11.6. The molecule has 0 heterocycles. The second-order valence-corrected chi connectivity index (χ2v) is 2.24. The lowest BCUT2D eigenvalue weighted by molar-refractivity contribution is -0.114. The van der Waals surface area contributed by atoms with Crippen LogP contribution in [0.2, 0.25) is 0 Å². The molecule has 1 amide bonds. The van der Waals surface area contributed by atoms with Gasteiger partial charge >= 0.3 is 0 Å². The summed E-state index contributed by atoms with van der Waals surface area (Å²) in [5.41, 5.74) is 5.37. The Bertz CT molecular complexity index is 138. The zero-order valence-electron chi connectivity index (χ0n) is 6.39. The Morgan fingerprint density at radius 3 is 2.70 bits per heavy atom. The van der Waals surface area contributed by atoms with Crippen LogP contribution in [-0.4, -0.2) is 5.91 Å². The molecule has 0 rings (SSSR count). The van der Waals surface area contributed by atoms with E-state index < -0.39 is 5.91 Å². The molecule has 0 aromatic carbocycles. The van der Waals surface area contributed by atoms with E-state index in [1.165, 1.54) is 0 Å². The summed E-state index contributed by atoms with van der Waals surface area (Å²) in [6, 6.07) is 0. The van der Waals surface area contributed by atoms with Crippen LogP contribution in [0.4, 0.5) is 0 Å². The van der Waals surface area contributed by atoms with E-state index in [-0.39, 0.29) is 0 Å². The van der Waals surface area contributed by atoms with Crippen molar-refractivity contribution in [1.82, 2.24) is 0 Å². The van der Waals surface area contributed by atoms with Crippen LogP contribution in [0.5, 0.6) is 0 Å². The first-order valence-electron chi connectivity index (χ1n) is 3.50. The van der Waals surface area contributed by atoms with Gasteiger partial charge in [0.25, 0.3) is 0 Å². The number of carbonyl (C=O) groups is 1. The van der Waals surface area contributed by atoms with Crippen molar-refractivity contribution >= 4 is 5.91 Å². The molecule has 0 saturated heterocycles. The predicted octanol–water partition coefficient (Wildman–Crippen LogP) is 1.42. The van der Waals surface area contributed by atoms with Crippen LogP contribution in [-0.2, 0) is 4.79 Å². The van der Waals surface area contributed by atoms with Crippen molar-refractivity contribution in [2.24, 2.45) is 5.73 Å². The van der Waals surface area contributed by atoms with Crippen molar-refractivity contribution in [1.29, 1.82) is 0 Å². The SMILES string of the molecule is [CH2]C(=CCCCC)C(N)=O. The number of hydrogen-bond acceptors (Lipinski definition) is 1. The molecule has 2 N–H and O–H groups in total. The third-order valence-electron chi connectivity index (χ3n) is 1.26. The quantitative estimate of drug-likeness (QED) is 0.465. The van der Waals surface area contributed by atoms with Crippen LogP contribution in [0.1, 0.15) is 26.2 Å². The molecule has 0 aromatic heterocycles. The van der Waals surface area contributed by atoms with E-state index in [4.69, 9.17) is 5.73 Å². The lowest BCUT2D eigenvalue weighted by Gasteiger charge is -1.92. The van der Waals surface area contributed by atoms with Crippen LogP contribution < -0.4 is 5.73 Å². The van der Waals surface area contributed by atoms with E-state index in [9.17, 15) is 4.79 Å². The number of hydrogen-bond donors (Lipinski definition) is 1. The highest BCUT2D eigenvalue weighted by Crippen LogP contribution is 1.99. The van der Waals surface area contributed by atoms with E-state index >= 15 is 0 Å². The minimum absolute atomic E-state index is 0.420. The molecule has 2 nitrogen and oxygen atoms in total. The summed E-state index contributed by atoms with van der Waals surface area (Å²) in [6.07, 6.45) is 4.90. The number of carbonyl (C=O) groups excluding carboxylic acids is 1. The fourth-order valence-electron chi connectivity index (χ4n) is 0.581. The third-order valence-corrected chi connectivity index (χ3v) is 1.26.